The van der Waals surface area contributed by atoms with Crippen LogP contribution in [0.1, 0.15) is 0 Å². The van der Waals surface area contributed by atoms with Crippen molar-refractivity contribution in [3.63, 3.8) is 0 Å². The van der Waals surface area contributed by atoms with E-state index in [-0.39, 0.29) is 0 Å². The van der Waals surface area contributed by atoms with Crippen molar-refractivity contribution >= 4 is 34.0 Å². The lowest BCUT2D eigenvalue weighted by molar-refractivity contribution is 0.415. The van der Waals surface area contributed by atoms with Gasteiger partial charge in [-0.2, -0.15) is 0 Å². The molecular weight excluding hydrogens is 312 g/mol. The SMILES string of the molecule is CNc1cc2c(NC)nc(-c3cccc(OC)c3Cl)cc2cn1. The van der Waals surface area contributed by atoms with Gasteiger partial charge in [0.25, 0.3) is 0 Å². The molecule has 0 saturated heterocycles. The Morgan fingerprint density at radius 3 is 2.65 bits per heavy atom. The molecule has 3 aromatic rings. The molecule has 0 spiro atoms. The normalized spacial score (nSPS) is 10.6. The molecule has 2 aromatic heterocycles. The molecule has 0 radical (unpaired) electrons. The third kappa shape index (κ3) is 2.75. The second-order valence-corrected chi connectivity index (χ2v) is 5.35. The van der Waals surface area contributed by atoms with Crippen molar-refractivity contribution in [1.29, 1.82) is 0 Å². The van der Waals surface area contributed by atoms with Crippen molar-refractivity contribution in [2.45, 2.75) is 0 Å². The molecule has 6 heteroatoms. The van der Waals surface area contributed by atoms with E-state index in [0.29, 0.717) is 10.8 Å². The Labute approximate surface area is 139 Å². The third-order valence-corrected chi connectivity index (χ3v) is 4.06. The van der Waals surface area contributed by atoms with Crippen LogP contribution in [0.25, 0.3) is 22.0 Å². The second-order valence-electron chi connectivity index (χ2n) is 4.97. The van der Waals surface area contributed by atoms with E-state index in [4.69, 9.17) is 21.3 Å². The Morgan fingerprint density at radius 2 is 1.96 bits per heavy atom. The van der Waals surface area contributed by atoms with Crippen LogP contribution in [0.3, 0.4) is 0 Å². The van der Waals surface area contributed by atoms with Crippen LogP contribution in [0.5, 0.6) is 5.75 Å². The van der Waals surface area contributed by atoms with Crippen molar-refractivity contribution in [3.05, 3.63) is 41.6 Å². The summed E-state index contributed by atoms with van der Waals surface area (Å²) in [7, 11) is 5.28. The fourth-order valence-electron chi connectivity index (χ4n) is 2.48. The van der Waals surface area contributed by atoms with Crippen molar-refractivity contribution in [3.8, 4) is 17.0 Å². The topological polar surface area (TPSA) is 59.1 Å². The number of rotatable bonds is 4. The average Bonchev–Trinajstić information content (AvgIpc) is 2.60. The summed E-state index contributed by atoms with van der Waals surface area (Å²) in [6, 6.07) is 9.59. The average molecular weight is 329 g/mol. The van der Waals surface area contributed by atoms with Crippen molar-refractivity contribution in [1.82, 2.24) is 9.97 Å². The highest BCUT2D eigenvalue weighted by molar-refractivity contribution is 6.34. The summed E-state index contributed by atoms with van der Waals surface area (Å²) in [5.74, 6) is 2.19. The van der Waals surface area contributed by atoms with Gasteiger partial charge in [0.15, 0.2) is 0 Å². The lowest BCUT2D eigenvalue weighted by atomic mass is 10.1. The summed E-state index contributed by atoms with van der Waals surface area (Å²) in [5.41, 5.74) is 1.59. The van der Waals surface area contributed by atoms with E-state index >= 15 is 0 Å². The van der Waals surface area contributed by atoms with Crippen molar-refractivity contribution in [2.75, 3.05) is 31.8 Å². The minimum Gasteiger partial charge on any atom is -0.495 e. The number of halogens is 1. The van der Waals surface area contributed by atoms with Gasteiger partial charge in [-0.05, 0) is 18.2 Å². The number of hydrogen-bond acceptors (Lipinski definition) is 5. The van der Waals surface area contributed by atoms with E-state index in [1.165, 1.54) is 0 Å². The fourth-order valence-corrected chi connectivity index (χ4v) is 2.78. The summed E-state index contributed by atoms with van der Waals surface area (Å²) >= 11 is 6.43. The number of methoxy groups -OCH3 is 1. The molecular formula is C17H17ClN4O. The molecule has 118 valence electrons. The quantitative estimate of drug-likeness (QED) is 0.757. The first kappa shape index (κ1) is 15.4. The zero-order chi connectivity index (χ0) is 16.4. The molecule has 0 aliphatic heterocycles. The maximum atomic E-state index is 6.43. The largest absolute Gasteiger partial charge is 0.495 e. The molecule has 23 heavy (non-hydrogen) atoms. The van der Waals surface area contributed by atoms with Crippen LogP contribution >= 0.6 is 11.6 Å². The summed E-state index contributed by atoms with van der Waals surface area (Å²) in [5, 5.41) is 8.70. The molecule has 0 amide bonds. The Kier molecular flexibility index (Phi) is 4.21. The zero-order valence-electron chi connectivity index (χ0n) is 13.1. The first-order valence-corrected chi connectivity index (χ1v) is 7.55. The highest BCUT2D eigenvalue weighted by Gasteiger charge is 2.13. The van der Waals surface area contributed by atoms with Crippen LogP contribution in [0.2, 0.25) is 5.02 Å². The molecule has 0 fully saturated rings. The van der Waals surface area contributed by atoms with Crippen LogP contribution in [0.4, 0.5) is 11.6 Å². The van der Waals surface area contributed by atoms with Gasteiger partial charge in [-0.25, -0.2) is 9.97 Å². The number of ether oxygens (including phenoxy) is 1. The fraction of sp³-hybridized carbons (Fsp3) is 0.176. The number of nitrogens with zero attached hydrogens (tertiary/aromatic N) is 2. The Morgan fingerprint density at radius 1 is 1.13 bits per heavy atom. The van der Waals surface area contributed by atoms with Gasteiger partial charge in [0, 0.05) is 36.6 Å². The molecule has 0 aliphatic carbocycles. The molecule has 2 N–H and O–H groups in total. The zero-order valence-corrected chi connectivity index (χ0v) is 13.9. The summed E-state index contributed by atoms with van der Waals surface area (Å²) in [4.78, 5) is 9.06. The van der Waals surface area contributed by atoms with E-state index in [9.17, 15) is 0 Å². The minimum absolute atomic E-state index is 0.545. The van der Waals surface area contributed by atoms with Gasteiger partial charge in [0.1, 0.15) is 17.4 Å². The Hall–Kier alpha value is -2.53. The van der Waals surface area contributed by atoms with Crippen molar-refractivity contribution in [2.24, 2.45) is 0 Å². The number of benzene rings is 1. The van der Waals surface area contributed by atoms with E-state index in [1.54, 1.807) is 7.11 Å². The Balaban J connectivity index is 2.23. The highest BCUT2D eigenvalue weighted by atomic mass is 35.5. The number of fused-ring (bicyclic) bond motifs is 1. The predicted molar refractivity (Wildman–Crippen MR) is 95.6 cm³/mol. The van der Waals surface area contributed by atoms with E-state index in [0.717, 1.165) is 33.7 Å². The highest BCUT2D eigenvalue weighted by Crippen LogP contribution is 2.36. The lowest BCUT2D eigenvalue weighted by Gasteiger charge is -2.12. The number of aromatic nitrogens is 2. The number of nitrogens with one attached hydrogen (secondary N) is 2. The van der Waals surface area contributed by atoms with Gasteiger partial charge in [0.05, 0.1) is 17.8 Å². The standard InChI is InChI=1S/C17H17ClN4O/c1-19-15-8-12-10(9-21-15)7-13(22-17(12)20-2)11-5-4-6-14(23-3)16(11)18/h4-9H,1-3H3,(H,19,21)(H,20,22). The lowest BCUT2D eigenvalue weighted by Crippen LogP contribution is -1.99. The van der Waals surface area contributed by atoms with E-state index in [1.807, 2.05) is 50.6 Å². The summed E-state index contributed by atoms with van der Waals surface area (Å²) < 4.78 is 5.29. The van der Waals surface area contributed by atoms with Gasteiger partial charge in [-0.1, -0.05) is 23.7 Å². The molecule has 0 atom stereocenters. The molecule has 0 aliphatic rings. The minimum atomic E-state index is 0.545. The monoisotopic (exact) mass is 328 g/mol. The summed E-state index contributed by atoms with van der Waals surface area (Å²) in [6.07, 6.45) is 1.82. The van der Waals surface area contributed by atoms with E-state index in [2.05, 4.69) is 15.6 Å². The number of pyridine rings is 2. The van der Waals surface area contributed by atoms with Crippen LogP contribution in [-0.4, -0.2) is 31.2 Å². The third-order valence-electron chi connectivity index (χ3n) is 3.67. The first-order valence-electron chi connectivity index (χ1n) is 7.17. The van der Waals surface area contributed by atoms with Gasteiger partial charge in [-0.15, -0.1) is 0 Å². The van der Waals surface area contributed by atoms with Gasteiger partial charge < -0.3 is 15.4 Å². The van der Waals surface area contributed by atoms with Crippen molar-refractivity contribution < 1.29 is 4.74 Å². The second kappa shape index (κ2) is 6.30. The predicted octanol–water partition coefficient (Wildman–Crippen LogP) is 4.04. The molecule has 0 saturated carbocycles. The van der Waals surface area contributed by atoms with Crippen LogP contribution in [0, 0.1) is 0 Å². The smallest absolute Gasteiger partial charge is 0.138 e. The van der Waals surface area contributed by atoms with Crippen LogP contribution in [-0.2, 0) is 0 Å². The van der Waals surface area contributed by atoms with Crippen LogP contribution in [0.15, 0.2) is 36.5 Å². The summed E-state index contributed by atoms with van der Waals surface area (Å²) in [6.45, 7) is 0. The molecule has 3 rings (SSSR count). The van der Waals surface area contributed by atoms with Gasteiger partial charge >= 0.3 is 0 Å². The number of anilines is 2. The number of hydrogen-bond donors (Lipinski definition) is 2. The first-order chi connectivity index (χ1) is 11.2. The molecule has 1 aromatic carbocycles. The van der Waals surface area contributed by atoms with E-state index < -0.39 is 0 Å². The maximum Gasteiger partial charge on any atom is 0.138 e. The molecule has 5 nitrogen and oxygen atoms in total. The van der Waals surface area contributed by atoms with Gasteiger partial charge in [-0.3, -0.25) is 0 Å². The van der Waals surface area contributed by atoms with Crippen LogP contribution < -0.4 is 15.4 Å². The maximum absolute atomic E-state index is 6.43. The molecule has 2 heterocycles. The van der Waals surface area contributed by atoms with Gasteiger partial charge in [0.2, 0.25) is 0 Å². The Bertz CT molecular complexity index is 867. The molecule has 0 unspecified atom stereocenters. The molecule has 0 bridgehead atoms.